The van der Waals surface area contributed by atoms with Crippen molar-refractivity contribution in [1.29, 1.82) is 0 Å². The number of unbranched alkanes of at least 4 members (excludes halogenated alkanes) is 2. The molecule has 0 radical (unpaired) electrons. The summed E-state index contributed by atoms with van der Waals surface area (Å²) < 4.78 is 5.86. The SMILES string of the molecule is CCCC/C=C/C/C=C/C/C=C/CC(=O)OC(CC(=O)O)C[N+](C)(C)C. The van der Waals surface area contributed by atoms with Crippen LogP contribution in [0, 0.1) is 0 Å². The highest BCUT2D eigenvalue weighted by Gasteiger charge is 2.24. The fraction of sp³-hybridized carbons (Fsp3) is 0.619. The number of rotatable bonds is 14. The first-order valence-corrected chi connectivity index (χ1v) is 9.41. The van der Waals surface area contributed by atoms with E-state index in [1.807, 2.05) is 27.2 Å². The van der Waals surface area contributed by atoms with Crippen molar-refractivity contribution in [3.05, 3.63) is 36.5 Å². The van der Waals surface area contributed by atoms with Crippen LogP contribution in [0.2, 0.25) is 0 Å². The third-order valence-corrected chi connectivity index (χ3v) is 3.50. The van der Waals surface area contributed by atoms with Crippen LogP contribution < -0.4 is 0 Å². The third kappa shape index (κ3) is 17.0. The Labute approximate surface area is 158 Å². The summed E-state index contributed by atoms with van der Waals surface area (Å²) >= 11 is 0. The van der Waals surface area contributed by atoms with Gasteiger partial charge in [0, 0.05) is 0 Å². The molecule has 0 fully saturated rings. The smallest absolute Gasteiger partial charge is 0.310 e. The highest BCUT2D eigenvalue weighted by atomic mass is 16.5. The van der Waals surface area contributed by atoms with Crippen molar-refractivity contribution in [2.45, 2.75) is 58.0 Å². The van der Waals surface area contributed by atoms with Crippen molar-refractivity contribution in [3.8, 4) is 0 Å². The van der Waals surface area contributed by atoms with Gasteiger partial charge in [0.2, 0.25) is 0 Å². The molecule has 26 heavy (non-hydrogen) atoms. The molecule has 0 aromatic carbocycles. The second kappa shape index (κ2) is 14.3. The Morgan fingerprint density at radius 1 is 1.00 bits per heavy atom. The van der Waals surface area contributed by atoms with Crippen molar-refractivity contribution in [2.75, 3.05) is 27.7 Å². The van der Waals surface area contributed by atoms with Crippen molar-refractivity contribution in [3.63, 3.8) is 0 Å². The topological polar surface area (TPSA) is 63.6 Å². The number of carboxylic acid groups (broad SMARTS) is 1. The van der Waals surface area contributed by atoms with Crippen LogP contribution in [-0.4, -0.2) is 55.3 Å². The molecule has 0 saturated carbocycles. The van der Waals surface area contributed by atoms with Crippen LogP contribution in [0.1, 0.15) is 51.9 Å². The summed E-state index contributed by atoms with van der Waals surface area (Å²) in [5, 5.41) is 8.95. The maximum Gasteiger partial charge on any atom is 0.310 e. The molecule has 0 rings (SSSR count). The lowest BCUT2D eigenvalue weighted by Gasteiger charge is -2.28. The van der Waals surface area contributed by atoms with Gasteiger partial charge in [-0.1, -0.05) is 56.2 Å². The number of esters is 1. The predicted octanol–water partition coefficient (Wildman–Crippen LogP) is 4.11. The van der Waals surface area contributed by atoms with Crippen LogP contribution in [0.4, 0.5) is 0 Å². The number of allylic oxidation sites excluding steroid dienone is 5. The Kier molecular flexibility index (Phi) is 13.3. The molecule has 0 aliphatic rings. The lowest BCUT2D eigenvalue weighted by atomic mass is 10.2. The average Bonchev–Trinajstić information content (AvgIpc) is 2.50. The number of nitrogens with zero attached hydrogens (tertiary/aromatic N) is 1. The molecule has 1 unspecified atom stereocenters. The number of likely N-dealkylation sites (N-methyl/N-ethyl adjacent to an activating group) is 1. The summed E-state index contributed by atoms with van der Waals surface area (Å²) in [5.74, 6) is -1.34. The Morgan fingerprint density at radius 3 is 2.12 bits per heavy atom. The number of quaternary nitrogens is 1. The van der Waals surface area contributed by atoms with Gasteiger partial charge in [-0.15, -0.1) is 0 Å². The molecule has 0 aliphatic heterocycles. The summed E-state index contributed by atoms with van der Waals surface area (Å²) in [4.78, 5) is 22.8. The van der Waals surface area contributed by atoms with Crippen molar-refractivity contribution >= 4 is 11.9 Å². The fourth-order valence-corrected chi connectivity index (χ4v) is 2.34. The second-order valence-corrected chi connectivity index (χ2v) is 7.41. The van der Waals surface area contributed by atoms with Gasteiger partial charge in [-0.05, 0) is 19.3 Å². The van der Waals surface area contributed by atoms with Crippen LogP contribution in [0.25, 0.3) is 0 Å². The molecule has 0 amide bonds. The number of aliphatic carboxylic acids is 1. The van der Waals surface area contributed by atoms with Crippen LogP contribution in [0.5, 0.6) is 0 Å². The number of hydrogen-bond acceptors (Lipinski definition) is 3. The predicted molar refractivity (Wildman–Crippen MR) is 106 cm³/mol. The molecule has 0 spiro atoms. The molecular formula is C21H36NO4+. The van der Waals surface area contributed by atoms with Gasteiger partial charge in [0.05, 0.1) is 34.0 Å². The summed E-state index contributed by atoms with van der Waals surface area (Å²) in [6.45, 7) is 2.66. The molecule has 1 N–H and O–H groups in total. The van der Waals surface area contributed by atoms with Crippen LogP contribution in [0.15, 0.2) is 36.5 Å². The zero-order valence-electron chi connectivity index (χ0n) is 16.8. The maximum absolute atomic E-state index is 11.9. The number of carboxylic acids is 1. The van der Waals surface area contributed by atoms with E-state index >= 15 is 0 Å². The quantitative estimate of drug-likeness (QED) is 0.217. The number of ether oxygens (including phenoxy) is 1. The molecule has 148 valence electrons. The van der Waals surface area contributed by atoms with Gasteiger partial charge in [0.15, 0.2) is 6.10 Å². The van der Waals surface area contributed by atoms with Gasteiger partial charge in [-0.3, -0.25) is 9.59 Å². The van der Waals surface area contributed by atoms with Crippen LogP contribution in [-0.2, 0) is 14.3 Å². The molecule has 0 heterocycles. The van der Waals surface area contributed by atoms with Gasteiger partial charge in [-0.2, -0.15) is 0 Å². The van der Waals surface area contributed by atoms with E-state index in [-0.39, 0.29) is 18.8 Å². The van der Waals surface area contributed by atoms with Crippen LogP contribution >= 0.6 is 0 Å². The molecule has 5 nitrogen and oxygen atoms in total. The minimum Gasteiger partial charge on any atom is -0.481 e. The molecule has 0 aromatic rings. The number of hydrogen-bond donors (Lipinski definition) is 1. The Balaban J connectivity index is 4.08. The fourth-order valence-electron chi connectivity index (χ4n) is 2.34. The normalized spacial score (nSPS) is 13.7. The molecule has 0 aliphatic carbocycles. The highest BCUT2D eigenvalue weighted by molar-refractivity contribution is 5.72. The number of carbonyl (C=O) groups is 2. The van der Waals surface area contributed by atoms with E-state index in [2.05, 4.69) is 31.2 Å². The zero-order chi connectivity index (χ0) is 19.8. The zero-order valence-corrected chi connectivity index (χ0v) is 16.8. The number of carbonyl (C=O) groups excluding carboxylic acids is 1. The van der Waals surface area contributed by atoms with Crippen LogP contribution in [0.3, 0.4) is 0 Å². The first-order valence-electron chi connectivity index (χ1n) is 9.41. The molecular weight excluding hydrogens is 330 g/mol. The minimum atomic E-state index is -0.958. The molecule has 1 atom stereocenters. The van der Waals surface area contributed by atoms with Gasteiger partial charge in [0.1, 0.15) is 6.54 Å². The van der Waals surface area contributed by atoms with Crippen molar-refractivity contribution in [2.24, 2.45) is 0 Å². The molecule has 0 saturated heterocycles. The highest BCUT2D eigenvalue weighted by Crippen LogP contribution is 2.07. The molecule has 0 bridgehead atoms. The summed E-state index contributed by atoms with van der Waals surface area (Å²) in [5.41, 5.74) is 0. The average molecular weight is 367 g/mol. The van der Waals surface area contributed by atoms with E-state index in [1.54, 1.807) is 6.08 Å². The monoisotopic (exact) mass is 366 g/mol. The van der Waals surface area contributed by atoms with E-state index in [4.69, 9.17) is 9.84 Å². The minimum absolute atomic E-state index is 0.165. The van der Waals surface area contributed by atoms with Crippen molar-refractivity contribution < 1.29 is 23.9 Å². The Bertz CT molecular complexity index is 487. The Morgan fingerprint density at radius 2 is 1.58 bits per heavy atom. The first-order chi connectivity index (χ1) is 12.2. The van der Waals surface area contributed by atoms with Gasteiger partial charge < -0.3 is 14.3 Å². The van der Waals surface area contributed by atoms with Gasteiger partial charge in [-0.25, -0.2) is 0 Å². The van der Waals surface area contributed by atoms with Gasteiger partial charge in [0.25, 0.3) is 0 Å². The van der Waals surface area contributed by atoms with E-state index in [9.17, 15) is 9.59 Å². The van der Waals surface area contributed by atoms with E-state index in [0.717, 1.165) is 19.3 Å². The third-order valence-electron chi connectivity index (χ3n) is 3.50. The van der Waals surface area contributed by atoms with Crippen molar-refractivity contribution in [1.82, 2.24) is 0 Å². The summed E-state index contributed by atoms with van der Waals surface area (Å²) in [6, 6.07) is 0. The molecule has 0 aromatic heterocycles. The first kappa shape index (κ1) is 24.1. The Hall–Kier alpha value is -1.88. The maximum atomic E-state index is 11.9. The van der Waals surface area contributed by atoms with E-state index in [1.165, 1.54) is 12.8 Å². The lowest BCUT2D eigenvalue weighted by molar-refractivity contribution is -0.873. The summed E-state index contributed by atoms with van der Waals surface area (Å²) in [7, 11) is 5.82. The lowest BCUT2D eigenvalue weighted by Crippen LogP contribution is -2.43. The summed E-state index contributed by atoms with van der Waals surface area (Å²) in [6.07, 6.45) is 16.9. The molecule has 5 heteroatoms. The standard InChI is InChI=1S/C21H35NO4/c1-5-6-7-8-9-10-11-12-13-14-15-16-21(25)26-19(17-20(23)24)18-22(2,3)4/h8-9,11-12,14-15,19H,5-7,10,13,16-18H2,1-4H3/p+1/b9-8+,12-11+,15-14+. The van der Waals surface area contributed by atoms with Gasteiger partial charge >= 0.3 is 11.9 Å². The largest absolute Gasteiger partial charge is 0.481 e. The second-order valence-electron chi connectivity index (χ2n) is 7.41. The van der Waals surface area contributed by atoms with E-state index < -0.39 is 12.1 Å². The van der Waals surface area contributed by atoms with E-state index in [0.29, 0.717) is 11.0 Å².